The highest BCUT2D eigenvalue weighted by Crippen LogP contribution is 2.42. The smallest absolute Gasteiger partial charge is 0.166 e. The molecule has 0 aliphatic heterocycles. The second-order valence-corrected chi connectivity index (χ2v) is 7.26. The molecule has 0 bridgehead atoms. The first kappa shape index (κ1) is 18.4. The first-order chi connectivity index (χ1) is 12.6. The third-order valence-corrected chi connectivity index (χ3v) is 5.52. The standard InChI is InChI=1S/C23H26O3/c1-2-6-22(25)21-15-18(16-9-12-19(24)13-10-16)11-14-20(21)23(26)17-7-4-3-5-8-17/h3-5,7-10,12-13,18,20-21,24H,2,6,11,14-15H2,1H3. The second-order valence-electron chi connectivity index (χ2n) is 7.26. The summed E-state index contributed by atoms with van der Waals surface area (Å²) in [6.07, 6.45) is 3.69. The fraction of sp³-hybridized carbons (Fsp3) is 0.391. The molecule has 0 spiro atoms. The molecule has 1 saturated carbocycles. The molecule has 0 saturated heterocycles. The van der Waals surface area contributed by atoms with Gasteiger partial charge in [0.15, 0.2) is 5.78 Å². The van der Waals surface area contributed by atoms with E-state index in [1.807, 2.05) is 49.4 Å². The Labute approximate surface area is 155 Å². The van der Waals surface area contributed by atoms with Gasteiger partial charge >= 0.3 is 0 Å². The van der Waals surface area contributed by atoms with Crippen molar-refractivity contribution in [1.82, 2.24) is 0 Å². The maximum atomic E-state index is 13.0. The molecule has 3 rings (SSSR count). The maximum Gasteiger partial charge on any atom is 0.166 e. The minimum atomic E-state index is -0.218. The van der Waals surface area contributed by atoms with Crippen molar-refractivity contribution in [2.45, 2.75) is 44.9 Å². The van der Waals surface area contributed by atoms with E-state index in [0.29, 0.717) is 18.4 Å². The molecule has 3 nitrogen and oxygen atoms in total. The Morgan fingerprint density at radius 2 is 1.65 bits per heavy atom. The Balaban J connectivity index is 1.83. The highest BCUT2D eigenvalue weighted by molar-refractivity contribution is 6.00. The van der Waals surface area contributed by atoms with Crippen LogP contribution in [0.15, 0.2) is 54.6 Å². The molecule has 1 N–H and O–H groups in total. The molecule has 1 aliphatic carbocycles. The summed E-state index contributed by atoms with van der Waals surface area (Å²) in [5, 5.41) is 9.51. The fourth-order valence-corrected chi connectivity index (χ4v) is 4.14. The molecule has 0 amide bonds. The molecular weight excluding hydrogens is 324 g/mol. The summed E-state index contributed by atoms with van der Waals surface area (Å²) in [5.41, 5.74) is 1.84. The van der Waals surface area contributed by atoms with Crippen LogP contribution < -0.4 is 0 Å². The lowest BCUT2D eigenvalue weighted by atomic mass is 9.67. The van der Waals surface area contributed by atoms with Crippen LogP contribution in [0.5, 0.6) is 5.75 Å². The number of rotatable bonds is 6. The van der Waals surface area contributed by atoms with Gasteiger partial charge in [0.05, 0.1) is 0 Å². The molecule has 136 valence electrons. The highest BCUT2D eigenvalue weighted by atomic mass is 16.3. The second kappa shape index (κ2) is 8.31. The number of hydrogen-bond acceptors (Lipinski definition) is 3. The fourth-order valence-electron chi connectivity index (χ4n) is 4.14. The molecule has 0 heterocycles. The maximum absolute atomic E-state index is 13.0. The van der Waals surface area contributed by atoms with Gasteiger partial charge in [-0.25, -0.2) is 0 Å². The van der Waals surface area contributed by atoms with E-state index < -0.39 is 0 Å². The Bertz CT molecular complexity index is 749. The van der Waals surface area contributed by atoms with Gasteiger partial charge in [-0.1, -0.05) is 49.4 Å². The van der Waals surface area contributed by atoms with Crippen LogP contribution in [0.4, 0.5) is 0 Å². The molecule has 1 aliphatic rings. The van der Waals surface area contributed by atoms with E-state index in [-0.39, 0.29) is 35.1 Å². The lowest BCUT2D eigenvalue weighted by Gasteiger charge is -2.35. The predicted octanol–water partition coefficient (Wildman–Crippen LogP) is 5.14. The van der Waals surface area contributed by atoms with Crippen molar-refractivity contribution < 1.29 is 14.7 Å². The normalized spacial score (nSPS) is 22.7. The van der Waals surface area contributed by atoms with E-state index in [4.69, 9.17) is 0 Å². The molecule has 0 aromatic heterocycles. The van der Waals surface area contributed by atoms with Gasteiger partial charge in [-0.3, -0.25) is 9.59 Å². The van der Waals surface area contributed by atoms with Crippen LogP contribution in [0.1, 0.15) is 60.9 Å². The average molecular weight is 350 g/mol. The van der Waals surface area contributed by atoms with Crippen LogP contribution in [0.25, 0.3) is 0 Å². The molecule has 2 aromatic carbocycles. The van der Waals surface area contributed by atoms with Gasteiger partial charge in [0.25, 0.3) is 0 Å². The lowest BCUT2D eigenvalue weighted by Crippen LogP contribution is -2.35. The molecule has 3 unspecified atom stereocenters. The monoisotopic (exact) mass is 350 g/mol. The minimum absolute atomic E-state index is 0.101. The Kier molecular flexibility index (Phi) is 5.87. The molecule has 3 atom stereocenters. The number of phenols is 1. The summed E-state index contributed by atoms with van der Waals surface area (Å²) in [6, 6.07) is 16.6. The molecule has 0 radical (unpaired) electrons. The van der Waals surface area contributed by atoms with Gasteiger partial charge in [-0.15, -0.1) is 0 Å². The van der Waals surface area contributed by atoms with Crippen molar-refractivity contribution in [3.8, 4) is 5.75 Å². The van der Waals surface area contributed by atoms with Crippen LogP contribution in [0.3, 0.4) is 0 Å². The summed E-state index contributed by atoms with van der Waals surface area (Å²) < 4.78 is 0. The third-order valence-electron chi connectivity index (χ3n) is 5.52. The first-order valence-electron chi connectivity index (χ1n) is 9.51. The number of ketones is 2. The minimum Gasteiger partial charge on any atom is -0.508 e. The van der Waals surface area contributed by atoms with Gasteiger partial charge < -0.3 is 5.11 Å². The van der Waals surface area contributed by atoms with E-state index in [2.05, 4.69) is 0 Å². The summed E-state index contributed by atoms with van der Waals surface area (Å²) in [7, 11) is 0. The van der Waals surface area contributed by atoms with Gasteiger partial charge in [-0.05, 0) is 49.3 Å². The van der Waals surface area contributed by atoms with Crippen molar-refractivity contribution >= 4 is 11.6 Å². The van der Waals surface area contributed by atoms with E-state index in [1.54, 1.807) is 12.1 Å². The number of aromatic hydroxyl groups is 1. The zero-order valence-electron chi connectivity index (χ0n) is 15.2. The van der Waals surface area contributed by atoms with E-state index in [1.165, 1.54) is 0 Å². The number of hydrogen-bond donors (Lipinski definition) is 1. The molecule has 26 heavy (non-hydrogen) atoms. The zero-order chi connectivity index (χ0) is 18.5. The summed E-state index contributed by atoms with van der Waals surface area (Å²) >= 11 is 0. The van der Waals surface area contributed by atoms with Gasteiger partial charge in [0.2, 0.25) is 0 Å². The molecule has 3 heteroatoms. The van der Waals surface area contributed by atoms with Crippen molar-refractivity contribution in [2.24, 2.45) is 11.8 Å². The SMILES string of the molecule is CCCC(=O)C1CC(c2ccc(O)cc2)CCC1C(=O)c1ccccc1. The van der Waals surface area contributed by atoms with Crippen LogP contribution in [0.2, 0.25) is 0 Å². The average Bonchev–Trinajstić information content (AvgIpc) is 2.68. The number of carbonyl (C=O) groups is 2. The van der Waals surface area contributed by atoms with Gasteiger partial charge in [0, 0.05) is 23.8 Å². The summed E-state index contributed by atoms with van der Waals surface area (Å²) in [4.78, 5) is 25.8. The third kappa shape index (κ3) is 4.04. The zero-order valence-corrected chi connectivity index (χ0v) is 15.2. The summed E-state index contributed by atoms with van der Waals surface area (Å²) in [5.74, 6) is 0.399. The van der Waals surface area contributed by atoms with Crippen molar-refractivity contribution in [1.29, 1.82) is 0 Å². The van der Waals surface area contributed by atoms with Crippen LogP contribution >= 0.6 is 0 Å². The van der Waals surface area contributed by atoms with Crippen molar-refractivity contribution in [3.63, 3.8) is 0 Å². The Hall–Kier alpha value is -2.42. The highest BCUT2D eigenvalue weighted by Gasteiger charge is 2.39. The van der Waals surface area contributed by atoms with Gasteiger partial charge in [0.1, 0.15) is 11.5 Å². The van der Waals surface area contributed by atoms with Crippen molar-refractivity contribution in [3.05, 3.63) is 65.7 Å². The summed E-state index contributed by atoms with van der Waals surface area (Å²) in [6.45, 7) is 2.01. The predicted molar refractivity (Wildman–Crippen MR) is 102 cm³/mol. The number of carbonyl (C=O) groups excluding carboxylic acids is 2. The first-order valence-corrected chi connectivity index (χ1v) is 9.51. The Morgan fingerprint density at radius 1 is 0.962 bits per heavy atom. The lowest BCUT2D eigenvalue weighted by molar-refractivity contribution is -0.125. The van der Waals surface area contributed by atoms with Crippen LogP contribution in [-0.4, -0.2) is 16.7 Å². The number of phenolic OH excluding ortho intramolecular Hbond substituents is 1. The largest absolute Gasteiger partial charge is 0.508 e. The van der Waals surface area contributed by atoms with Crippen LogP contribution in [-0.2, 0) is 4.79 Å². The van der Waals surface area contributed by atoms with E-state index in [9.17, 15) is 14.7 Å². The van der Waals surface area contributed by atoms with Crippen LogP contribution in [0, 0.1) is 11.8 Å². The topological polar surface area (TPSA) is 54.4 Å². The molecule has 1 fully saturated rings. The van der Waals surface area contributed by atoms with E-state index in [0.717, 1.165) is 24.8 Å². The van der Waals surface area contributed by atoms with Gasteiger partial charge in [-0.2, -0.15) is 0 Å². The molecule has 2 aromatic rings. The Morgan fingerprint density at radius 3 is 2.31 bits per heavy atom. The molecular formula is C23H26O3. The number of benzene rings is 2. The van der Waals surface area contributed by atoms with E-state index >= 15 is 0 Å². The van der Waals surface area contributed by atoms with Crippen molar-refractivity contribution in [2.75, 3.05) is 0 Å². The number of Topliss-reactive ketones (excluding diaryl/α,β-unsaturated/α-hetero) is 2. The quantitative estimate of drug-likeness (QED) is 0.734.